The number of amides is 1. The van der Waals surface area contributed by atoms with Gasteiger partial charge in [-0.05, 0) is 124 Å². The van der Waals surface area contributed by atoms with E-state index in [0.717, 1.165) is 83.0 Å². The molecule has 8 unspecified atom stereocenters. The van der Waals surface area contributed by atoms with Crippen LogP contribution >= 0.6 is 0 Å². The molecule has 4 aliphatic carbocycles. The van der Waals surface area contributed by atoms with Crippen molar-refractivity contribution in [3.63, 3.8) is 0 Å². The Kier molecular flexibility index (Phi) is 8.73. The molecule has 8 atom stereocenters. The second-order valence-corrected chi connectivity index (χ2v) is 13.6. The molecule has 1 aromatic heterocycles. The van der Waals surface area contributed by atoms with Gasteiger partial charge >= 0.3 is 11.7 Å². The van der Waals surface area contributed by atoms with Gasteiger partial charge in [0.2, 0.25) is 0 Å². The van der Waals surface area contributed by atoms with E-state index < -0.39 is 5.60 Å². The number of aliphatic hydroxyl groups is 1. The first-order valence-corrected chi connectivity index (χ1v) is 16.2. The molecular formula is C33H52N2O5. The number of carbonyl (C=O) groups is 1. The molecule has 1 amide bonds. The highest BCUT2D eigenvalue weighted by Crippen LogP contribution is 2.70. The van der Waals surface area contributed by atoms with E-state index in [1.165, 1.54) is 18.9 Å². The van der Waals surface area contributed by atoms with Gasteiger partial charge in [0.25, 0.3) is 0 Å². The topological polar surface area (TPSA) is 92.0 Å². The van der Waals surface area contributed by atoms with E-state index in [4.69, 9.17) is 9.15 Å². The fourth-order valence-corrected chi connectivity index (χ4v) is 9.91. The highest BCUT2D eigenvalue weighted by molar-refractivity contribution is 5.67. The third-order valence-corrected chi connectivity index (χ3v) is 12.1. The van der Waals surface area contributed by atoms with E-state index in [1.54, 1.807) is 6.26 Å². The first-order valence-electron chi connectivity index (χ1n) is 16.2. The van der Waals surface area contributed by atoms with Gasteiger partial charge in [-0.3, -0.25) is 0 Å². The van der Waals surface area contributed by atoms with Crippen LogP contribution in [0.5, 0.6) is 0 Å². The average Bonchev–Trinajstić information content (AvgIpc) is 3.56. The molecule has 2 N–H and O–H groups in total. The maximum Gasteiger partial charge on any atom is 0.407 e. The molecule has 1 saturated heterocycles. The van der Waals surface area contributed by atoms with Gasteiger partial charge < -0.3 is 24.5 Å². The SMILES string of the molecule is CC.CC12CCC(OC(=O)NCCN3CCCC3)CC1CCC1C2CCC2(C)C(c3ccc(=O)oc3)CCC12O. The summed E-state index contributed by atoms with van der Waals surface area (Å²) in [5.41, 5.74) is 0.0286. The normalized spacial score (nSPS) is 40.7. The van der Waals surface area contributed by atoms with Crippen LogP contribution in [-0.4, -0.2) is 54.0 Å². The lowest BCUT2D eigenvalue weighted by Gasteiger charge is -2.63. The van der Waals surface area contributed by atoms with Crippen molar-refractivity contribution in [1.82, 2.24) is 10.2 Å². The Morgan fingerprint density at radius 2 is 1.82 bits per heavy atom. The molecule has 2 heterocycles. The number of hydrogen-bond donors (Lipinski definition) is 2. The summed E-state index contributed by atoms with van der Waals surface area (Å²) in [4.78, 5) is 26.5. The van der Waals surface area contributed by atoms with Crippen molar-refractivity contribution in [2.45, 2.75) is 116 Å². The Hall–Kier alpha value is -1.86. The number of alkyl carbamates (subject to hydrolysis) is 1. The van der Waals surface area contributed by atoms with Crippen molar-refractivity contribution < 1.29 is 19.1 Å². The molecule has 0 aromatic carbocycles. The van der Waals surface area contributed by atoms with E-state index in [1.807, 2.05) is 19.9 Å². The van der Waals surface area contributed by atoms with Crippen LogP contribution in [0, 0.1) is 28.6 Å². The first-order chi connectivity index (χ1) is 19.2. The molecule has 0 bridgehead atoms. The molecule has 4 saturated carbocycles. The molecule has 7 heteroatoms. The fraction of sp³-hybridized carbons (Fsp3) is 0.818. The lowest BCUT2D eigenvalue weighted by atomic mass is 9.43. The third-order valence-electron chi connectivity index (χ3n) is 12.1. The fourth-order valence-electron chi connectivity index (χ4n) is 9.91. The van der Waals surface area contributed by atoms with Crippen LogP contribution in [0.4, 0.5) is 4.79 Å². The minimum Gasteiger partial charge on any atom is -0.446 e. The van der Waals surface area contributed by atoms with Crippen LogP contribution in [0.3, 0.4) is 0 Å². The van der Waals surface area contributed by atoms with Crippen LogP contribution in [0.25, 0.3) is 0 Å². The zero-order valence-corrected chi connectivity index (χ0v) is 25.3. The standard InChI is InChI=1S/C31H46N2O5.C2H6/c1-29-12-9-23(38-28(35)32-15-18-33-16-3-4-17-33)19-22(29)6-7-26-25(29)10-13-30(2)24(11-14-31(26,30)36)21-5-8-27(34)37-20-21;1-2/h5,8,20,22-26,36H,3-4,6-7,9-19H2,1-2H3,(H,32,35);1-2H3. The van der Waals surface area contributed by atoms with Gasteiger partial charge in [0.1, 0.15) is 6.10 Å². The van der Waals surface area contributed by atoms with Crippen molar-refractivity contribution in [3.05, 3.63) is 34.4 Å². The molecule has 1 aliphatic heterocycles. The van der Waals surface area contributed by atoms with E-state index in [2.05, 4.69) is 24.1 Å². The Labute approximate surface area is 240 Å². The number of carbonyl (C=O) groups excluding carboxylic acids is 1. The Bertz CT molecular complexity index is 1060. The second kappa shape index (κ2) is 11.8. The molecule has 224 valence electrons. The summed E-state index contributed by atoms with van der Waals surface area (Å²) in [6, 6.07) is 3.42. The highest BCUT2D eigenvalue weighted by Gasteiger charge is 2.67. The van der Waals surface area contributed by atoms with Crippen molar-refractivity contribution >= 4 is 6.09 Å². The average molecular weight is 557 g/mol. The summed E-state index contributed by atoms with van der Waals surface area (Å²) in [5.74, 6) is 1.56. The predicted molar refractivity (Wildman–Crippen MR) is 156 cm³/mol. The summed E-state index contributed by atoms with van der Waals surface area (Å²) in [5, 5.41) is 15.4. The van der Waals surface area contributed by atoms with Crippen molar-refractivity contribution in [2.75, 3.05) is 26.2 Å². The zero-order chi connectivity index (χ0) is 28.5. The summed E-state index contributed by atoms with van der Waals surface area (Å²) >= 11 is 0. The van der Waals surface area contributed by atoms with Gasteiger partial charge in [-0.15, -0.1) is 0 Å². The molecule has 5 fully saturated rings. The molecule has 7 nitrogen and oxygen atoms in total. The molecule has 6 rings (SSSR count). The zero-order valence-electron chi connectivity index (χ0n) is 25.3. The Balaban J connectivity index is 0.00000158. The van der Waals surface area contributed by atoms with Gasteiger partial charge in [-0.2, -0.15) is 0 Å². The summed E-state index contributed by atoms with van der Waals surface area (Å²) in [6.07, 6.45) is 12.8. The minimum absolute atomic E-state index is 0.00282. The molecule has 1 aromatic rings. The minimum atomic E-state index is -0.687. The molecule has 0 spiro atoms. The van der Waals surface area contributed by atoms with Crippen LogP contribution in [0.2, 0.25) is 0 Å². The number of ether oxygens (including phenoxy) is 1. The van der Waals surface area contributed by atoms with E-state index in [0.29, 0.717) is 24.3 Å². The number of fused-ring (bicyclic) bond motifs is 5. The Morgan fingerprint density at radius 1 is 1.05 bits per heavy atom. The quantitative estimate of drug-likeness (QED) is 0.456. The van der Waals surface area contributed by atoms with Crippen LogP contribution in [0.1, 0.15) is 110 Å². The van der Waals surface area contributed by atoms with Gasteiger partial charge in [-0.1, -0.05) is 27.7 Å². The second-order valence-electron chi connectivity index (χ2n) is 13.6. The lowest BCUT2D eigenvalue weighted by molar-refractivity contribution is -0.205. The number of nitrogens with zero attached hydrogens (tertiary/aromatic N) is 1. The van der Waals surface area contributed by atoms with Gasteiger partial charge in [-0.25, -0.2) is 9.59 Å². The van der Waals surface area contributed by atoms with E-state index >= 15 is 0 Å². The molecule has 0 radical (unpaired) electrons. The maximum atomic E-state index is 12.5. The molecular weight excluding hydrogens is 504 g/mol. The van der Waals surface area contributed by atoms with Crippen LogP contribution in [0.15, 0.2) is 27.6 Å². The molecule has 5 aliphatic rings. The molecule has 40 heavy (non-hydrogen) atoms. The highest BCUT2D eigenvalue weighted by atomic mass is 16.6. The smallest absolute Gasteiger partial charge is 0.407 e. The Morgan fingerprint density at radius 3 is 2.55 bits per heavy atom. The number of hydrogen-bond acceptors (Lipinski definition) is 6. The summed E-state index contributed by atoms with van der Waals surface area (Å²) in [6.45, 7) is 12.6. The van der Waals surface area contributed by atoms with Gasteiger partial charge in [0.05, 0.1) is 11.9 Å². The number of nitrogens with one attached hydrogen (secondary N) is 1. The number of likely N-dealkylation sites (tertiary alicyclic amines) is 1. The summed E-state index contributed by atoms with van der Waals surface area (Å²) < 4.78 is 11.1. The summed E-state index contributed by atoms with van der Waals surface area (Å²) in [7, 11) is 0. The van der Waals surface area contributed by atoms with Gasteiger partial charge in [0, 0.05) is 24.6 Å². The predicted octanol–water partition coefficient (Wildman–Crippen LogP) is 6.10. The van der Waals surface area contributed by atoms with Crippen molar-refractivity contribution in [3.8, 4) is 0 Å². The largest absolute Gasteiger partial charge is 0.446 e. The van der Waals surface area contributed by atoms with Gasteiger partial charge in [0.15, 0.2) is 0 Å². The lowest BCUT2D eigenvalue weighted by Crippen LogP contribution is -2.62. The van der Waals surface area contributed by atoms with Crippen molar-refractivity contribution in [1.29, 1.82) is 0 Å². The number of rotatable bonds is 5. The van der Waals surface area contributed by atoms with E-state index in [9.17, 15) is 14.7 Å². The van der Waals surface area contributed by atoms with Crippen molar-refractivity contribution in [2.24, 2.45) is 28.6 Å². The van der Waals surface area contributed by atoms with Crippen LogP contribution < -0.4 is 10.9 Å². The monoisotopic (exact) mass is 556 g/mol. The maximum absolute atomic E-state index is 12.5. The van der Waals surface area contributed by atoms with E-state index in [-0.39, 0.29) is 34.6 Å². The first kappa shape index (κ1) is 29.6. The third kappa shape index (κ3) is 5.14. The van der Waals surface area contributed by atoms with Crippen LogP contribution in [-0.2, 0) is 4.74 Å².